The molecule has 1 aromatic heterocycles. The normalized spacial score (nSPS) is 16.5. The number of aromatic nitrogens is 2. The molecule has 1 fully saturated rings. The SMILES string of the molecule is COc1ccc(CCc2nc(C3CC(=O)N(Cc4ccccc4)C3)no2)cc1. The molecule has 3 aromatic rings. The number of hydrogen-bond acceptors (Lipinski definition) is 5. The van der Waals surface area contributed by atoms with E-state index in [9.17, 15) is 4.79 Å². The zero-order valence-corrected chi connectivity index (χ0v) is 15.9. The van der Waals surface area contributed by atoms with Crippen molar-refractivity contribution in [1.29, 1.82) is 0 Å². The van der Waals surface area contributed by atoms with Crippen LogP contribution in [0, 0.1) is 0 Å². The minimum absolute atomic E-state index is 0.00491. The molecule has 4 rings (SSSR count). The lowest BCUT2D eigenvalue weighted by Gasteiger charge is -2.15. The topological polar surface area (TPSA) is 68.5 Å². The predicted molar refractivity (Wildman–Crippen MR) is 104 cm³/mol. The van der Waals surface area contributed by atoms with Gasteiger partial charge in [-0.15, -0.1) is 0 Å². The van der Waals surface area contributed by atoms with Crippen LogP contribution in [0.4, 0.5) is 0 Å². The van der Waals surface area contributed by atoms with Crippen LogP contribution in [0.3, 0.4) is 0 Å². The van der Waals surface area contributed by atoms with E-state index in [1.54, 1.807) is 7.11 Å². The van der Waals surface area contributed by atoms with Crippen molar-refractivity contribution in [3.63, 3.8) is 0 Å². The largest absolute Gasteiger partial charge is 0.497 e. The van der Waals surface area contributed by atoms with Crippen molar-refractivity contribution >= 4 is 5.91 Å². The van der Waals surface area contributed by atoms with Crippen LogP contribution >= 0.6 is 0 Å². The highest BCUT2D eigenvalue weighted by Crippen LogP contribution is 2.27. The number of nitrogens with zero attached hydrogens (tertiary/aromatic N) is 3. The van der Waals surface area contributed by atoms with E-state index in [1.165, 1.54) is 5.56 Å². The Morgan fingerprint density at radius 3 is 2.61 bits per heavy atom. The molecule has 0 aliphatic carbocycles. The van der Waals surface area contributed by atoms with Gasteiger partial charge in [-0.25, -0.2) is 0 Å². The highest BCUT2D eigenvalue weighted by molar-refractivity contribution is 5.79. The van der Waals surface area contributed by atoms with Gasteiger partial charge in [-0.3, -0.25) is 4.79 Å². The Morgan fingerprint density at radius 1 is 1.07 bits per heavy atom. The average Bonchev–Trinajstić information content (AvgIpc) is 3.34. The fourth-order valence-corrected chi connectivity index (χ4v) is 3.48. The summed E-state index contributed by atoms with van der Waals surface area (Å²) in [4.78, 5) is 18.8. The summed E-state index contributed by atoms with van der Waals surface area (Å²) in [6.07, 6.45) is 1.92. The maximum Gasteiger partial charge on any atom is 0.226 e. The van der Waals surface area contributed by atoms with Gasteiger partial charge >= 0.3 is 0 Å². The number of rotatable bonds is 7. The molecule has 6 heteroatoms. The maximum absolute atomic E-state index is 12.4. The molecular weight excluding hydrogens is 354 g/mol. The lowest BCUT2D eigenvalue weighted by molar-refractivity contribution is -0.128. The van der Waals surface area contributed by atoms with Crippen molar-refractivity contribution in [2.75, 3.05) is 13.7 Å². The number of methoxy groups -OCH3 is 1. The second-order valence-electron chi connectivity index (χ2n) is 7.06. The Bertz CT molecular complexity index is 922. The molecule has 1 unspecified atom stereocenters. The van der Waals surface area contributed by atoms with Crippen molar-refractivity contribution in [3.05, 3.63) is 77.4 Å². The van der Waals surface area contributed by atoms with Crippen LogP contribution in [-0.4, -0.2) is 34.6 Å². The fourth-order valence-electron chi connectivity index (χ4n) is 3.48. The summed E-state index contributed by atoms with van der Waals surface area (Å²) in [6, 6.07) is 18.0. The number of carbonyl (C=O) groups is 1. The van der Waals surface area contributed by atoms with Gasteiger partial charge in [-0.2, -0.15) is 4.98 Å². The summed E-state index contributed by atoms with van der Waals surface area (Å²) in [7, 11) is 1.66. The number of amides is 1. The highest BCUT2D eigenvalue weighted by atomic mass is 16.5. The molecule has 0 bridgehead atoms. The summed E-state index contributed by atoms with van der Waals surface area (Å²) >= 11 is 0. The van der Waals surface area contributed by atoms with Gasteiger partial charge in [-0.1, -0.05) is 47.6 Å². The van der Waals surface area contributed by atoms with Gasteiger partial charge in [0.2, 0.25) is 11.8 Å². The first-order valence-corrected chi connectivity index (χ1v) is 9.48. The van der Waals surface area contributed by atoms with Crippen molar-refractivity contribution in [2.24, 2.45) is 0 Å². The molecule has 0 saturated carbocycles. The number of benzene rings is 2. The first kappa shape index (κ1) is 18.2. The Kier molecular flexibility index (Phi) is 5.37. The van der Waals surface area contributed by atoms with Crippen LogP contribution in [0.5, 0.6) is 5.75 Å². The molecule has 1 amide bonds. The maximum atomic E-state index is 12.4. The third-order valence-electron chi connectivity index (χ3n) is 5.07. The second kappa shape index (κ2) is 8.25. The van der Waals surface area contributed by atoms with Gasteiger partial charge in [-0.05, 0) is 29.7 Å². The Balaban J connectivity index is 1.34. The van der Waals surface area contributed by atoms with E-state index in [0.29, 0.717) is 37.6 Å². The third kappa shape index (κ3) is 4.22. The number of hydrogen-bond donors (Lipinski definition) is 0. The van der Waals surface area contributed by atoms with E-state index < -0.39 is 0 Å². The zero-order chi connectivity index (χ0) is 19.3. The number of ether oxygens (including phenoxy) is 1. The molecule has 1 aliphatic heterocycles. The average molecular weight is 377 g/mol. The van der Waals surface area contributed by atoms with Crippen molar-refractivity contribution < 1.29 is 14.1 Å². The van der Waals surface area contributed by atoms with Gasteiger partial charge in [0, 0.05) is 31.8 Å². The van der Waals surface area contributed by atoms with Crippen LogP contribution in [0.2, 0.25) is 0 Å². The van der Waals surface area contributed by atoms with Gasteiger partial charge < -0.3 is 14.2 Å². The lowest BCUT2D eigenvalue weighted by atomic mass is 10.1. The summed E-state index contributed by atoms with van der Waals surface area (Å²) < 4.78 is 10.6. The van der Waals surface area contributed by atoms with E-state index in [1.807, 2.05) is 59.5 Å². The van der Waals surface area contributed by atoms with E-state index in [-0.39, 0.29) is 11.8 Å². The molecule has 6 nitrogen and oxygen atoms in total. The van der Waals surface area contributed by atoms with Crippen molar-refractivity contribution in [3.8, 4) is 5.75 Å². The number of carbonyl (C=O) groups excluding carboxylic acids is 1. The monoisotopic (exact) mass is 377 g/mol. The molecule has 2 heterocycles. The molecule has 0 spiro atoms. The number of likely N-dealkylation sites (tertiary alicyclic amines) is 1. The highest BCUT2D eigenvalue weighted by Gasteiger charge is 2.33. The predicted octanol–water partition coefficient (Wildman–Crippen LogP) is 3.38. The summed E-state index contributed by atoms with van der Waals surface area (Å²) in [5.41, 5.74) is 2.32. The third-order valence-corrected chi connectivity index (χ3v) is 5.07. The van der Waals surface area contributed by atoms with Crippen molar-refractivity contribution in [1.82, 2.24) is 15.0 Å². The van der Waals surface area contributed by atoms with Gasteiger partial charge in [0.25, 0.3) is 0 Å². The van der Waals surface area contributed by atoms with E-state index in [2.05, 4.69) is 10.1 Å². The summed E-state index contributed by atoms with van der Waals surface area (Å²) in [5, 5.41) is 4.13. The first-order valence-electron chi connectivity index (χ1n) is 9.48. The molecule has 1 aliphatic rings. The summed E-state index contributed by atoms with van der Waals surface area (Å²) in [5.74, 6) is 2.22. The molecule has 28 heavy (non-hydrogen) atoms. The molecule has 0 N–H and O–H groups in total. The smallest absolute Gasteiger partial charge is 0.226 e. The van der Waals surface area contributed by atoms with Crippen LogP contribution in [0.25, 0.3) is 0 Å². The van der Waals surface area contributed by atoms with Gasteiger partial charge in [0.05, 0.1) is 7.11 Å². The number of aryl methyl sites for hydroxylation is 2. The lowest BCUT2D eigenvalue weighted by Crippen LogP contribution is -2.24. The zero-order valence-electron chi connectivity index (χ0n) is 15.9. The molecule has 1 saturated heterocycles. The molecule has 0 radical (unpaired) electrons. The Morgan fingerprint density at radius 2 is 1.86 bits per heavy atom. The Labute approximate surface area is 164 Å². The minimum Gasteiger partial charge on any atom is -0.497 e. The first-order chi connectivity index (χ1) is 13.7. The molecular formula is C22H23N3O3. The molecule has 1 atom stereocenters. The standard InChI is InChI=1S/C22H23N3O3/c1-27-19-10-7-16(8-11-19)9-12-20-23-22(24-28-20)18-13-21(26)25(15-18)14-17-5-3-2-4-6-17/h2-8,10-11,18H,9,12-15H2,1H3. The van der Waals surface area contributed by atoms with Crippen LogP contribution in [-0.2, 0) is 24.2 Å². The minimum atomic E-state index is -0.00491. The van der Waals surface area contributed by atoms with Crippen LogP contribution < -0.4 is 4.74 Å². The molecule has 144 valence electrons. The van der Waals surface area contributed by atoms with E-state index in [0.717, 1.165) is 17.7 Å². The van der Waals surface area contributed by atoms with E-state index in [4.69, 9.17) is 9.26 Å². The quantitative estimate of drug-likeness (QED) is 0.631. The van der Waals surface area contributed by atoms with Crippen LogP contribution in [0.1, 0.15) is 35.2 Å². The van der Waals surface area contributed by atoms with E-state index >= 15 is 0 Å². The second-order valence-corrected chi connectivity index (χ2v) is 7.06. The summed E-state index contributed by atoms with van der Waals surface area (Å²) in [6.45, 7) is 1.25. The molecule has 2 aromatic carbocycles. The van der Waals surface area contributed by atoms with Gasteiger partial charge in [0.1, 0.15) is 5.75 Å². The Hall–Kier alpha value is -3.15. The van der Waals surface area contributed by atoms with Gasteiger partial charge in [0.15, 0.2) is 5.82 Å². The fraction of sp³-hybridized carbons (Fsp3) is 0.318. The van der Waals surface area contributed by atoms with Crippen molar-refractivity contribution in [2.45, 2.75) is 31.7 Å². The van der Waals surface area contributed by atoms with Crippen LogP contribution in [0.15, 0.2) is 59.1 Å².